The Morgan fingerprint density at radius 2 is 1.76 bits per heavy atom. The number of rotatable bonds is 4. The Morgan fingerprint density at radius 3 is 2.52 bits per heavy atom. The minimum atomic E-state index is -0.205. The second-order valence-electron chi connectivity index (χ2n) is 8.32. The highest BCUT2D eigenvalue weighted by atomic mass is 32.2. The summed E-state index contributed by atoms with van der Waals surface area (Å²) in [5.74, 6) is 0. The number of aliphatic hydroxyl groups is 1. The molecule has 7 nitrogen and oxygen atoms in total. The summed E-state index contributed by atoms with van der Waals surface area (Å²) in [6, 6.07) is 14.3. The van der Waals surface area contributed by atoms with E-state index in [2.05, 4.69) is 40.0 Å². The van der Waals surface area contributed by atoms with Crippen LogP contribution in [0.3, 0.4) is 0 Å². The summed E-state index contributed by atoms with van der Waals surface area (Å²) in [4.78, 5) is 1.69. The van der Waals surface area contributed by atoms with Crippen LogP contribution in [-0.4, -0.2) is 30.6 Å². The van der Waals surface area contributed by atoms with Gasteiger partial charge in [-0.2, -0.15) is 20.7 Å². The van der Waals surface area contributed by atoms with Crippen LogP contribution in [0.25, 0.3) is 16.6 Å². The lowest BCUT2D eigenvalue weighted by Crippen LogP contribution is -2.22. The molecular weight excluding hydrogens is 432 g/mol. The normalized spacial score (nSPS) is 18.2. The highest BCUT2D eigenvalue weighted by Crippen LogP contribution is 2.38. The molecule has 8 heteroatoms. The topological polar surface area (TPSA) is 103 Å². The van der Waals surface area contributed by atoms with Gasteiger partial charge in [-0.1, -0.05) is 23.9 Å². The van der Waals surface area contributed by atoms with Crippen molar-refractivity contribution < 1.29 is 5.11 Å². The SMILES string of the molecule is Cc1c(-c2cc(Sc3ccccc3C#N)c3c(C#N)cnn3c2)cnn1[C@H]1CC[C@@H](O)CC1. The van der Waals surface area contributed by atoms with Crippen LogP contribution in [-0.2, 0) is 0 Å². The van der Waals surface area contributed by atoms with Gasteiger partial charge in [-0.3, -0.25) is 4.68 Å². The van der Waals surface area contributed by atoms with E-state index >= 15 is 0 Å². The minimum Gasteiger partial charge on any atom is -0.393 e. The molecule has 0 saturated heterocycles. The first kappa shape index (κ1) is 21.3. The standard InChI is InChI=1S/C25H22N6OS/c1-16-22(14-29-31(16)20-6-8-21(32)9-7-20)18-10-24(25-19(12-27)13-28-30(25)15-18)33-23-5-3-2-4-17(23)11-26/h2-5,10,13-15,20-21,32H,6-9H2,1H3/t20-,21+. The fourth-order valence-electron chi connectivity index (χ4n) is 4.54. The molecule has 0 amide bonds. The lowest BCUT2D eigenvalue weighted by atomic mass is 9.93. The van der Waals surface area contributed by atoms with Gasteiger partial charge >= 0.3 is 0 Å². The molecular formula is C25H22N6OS. The molecule has 3 heterocycles. The van der Waals surface area contributed by atoms with Crippen molar-refractivity contribution >= 4 is 17.3 Å². The lowest BCUT2D eigenvalue weighted by Gasteiger charge is -2.26. The monoisotopic (exact) mass is 454 g/mol. The summed E-state index contributed by atoms with van der Waals surface area (Å²) in [5, 5.41) is 38.1. The molecule has 33 heavy (non-hydrogen) atoms. The second-order valence-corrected chi connectivity index (χ2v) is 9.40. The Hall–Kier alpha value is -3.59. The molecule has 0 spiro atoms. The van der Waals surface area contributed by atoms with Crippen molar-refractivity contribution in [2.24, 2.45) is 0 Å². The van der Waals surface area contributed by atoms with Gasteiger partial charge in [-0.05, 0) is 50.8 Å². The predicted octanol–water partition coefficient (Wildman–Crippen LogP) is 4.88. The molecule has 1 aliphatic rings. The minimum absolute atomic E-state index is 0.205. The molecule has 3 aromatic heterocycles. The molecule has 4 aromatic rings. The van der Waals surface area contributed by atoms with Crippen LogP contribution in [0.1, 0.15) is 48.5 Å². The van der Waals surface area contributed by atoms with Crippen molar-refractivity contribution in [2.45, 2.75) is 54.5 Å². The zero-order chi connectivity index (χ0) is 22.9. The van der Waals surface area contributed by atoms with Gasteiger partial charge in [0.05, 0.1) is 41.2 Å². The molecule has 1 aromatic carbocycles. The van der Waals surface area contributed by atoms with E-state index in [9.17, 15) is 15.6 Å². The fraction of sp³-hybridized carbons (Fsp3) is 0.280. The molecule has 0 radical (unpaired) electrons. The van der Waals surface area contributed by atoms with Crippen molar-refractivity contribution in [1.29, 1.82) is 10.5 Å². The van der Waals surface area contributed by atoms with E-state index in [0.717, 1.165) is 57.8 Å². The number of aromatic nitrogens is 4. The van der Waals surface area contributed by atoms with Gasteiger partial charge in [0, 0.05) is 32.8 Å². The van der Waals surface area contributed by atoms with Crippen LogP contribution < -0.4 is 0 Å². The van der Waals surface area contributed by atoms with E-state index < -0.39 is 0 Å². The Balaban J connectivity index is 1.60. The van der Waals surface area contributed by atoms with Crippen LogP contribution >= 0.6 is 11.8 Å². The maximum Gasteiger partial charge on any atom is 0.103 e. The van der Waals surface area contributed by atoms with Gasteiger partial charge in [0.15, 0.2) is 0 Å². The second kappa shape index (κ2) is 8.74. The van der Waals surface area contributed by atoms with Gasteiger partial charge in [0.2, 0.25) is 0 Å². The third-order valence-electron chi connectivity index (χ3n) is 6.29. The van der Waals surface area contributed by atoms with Crippen molar-refractivity contribution in [3.8, 4) is 23.3 Å². The third-order valence-corrected chi connectivity index (χ3v) is 7.40. The summed E-state index contributed by atoms with van der Waals surface area (Å²) in [7, 11) is 0. The number of pyridine rings is 1. The zero-order valence-electron chi connectivity index (χ0n) is 18.1. The number of nitrogens with zero attached hydrogens (tertiary/aromatic N) is 6. The largest absolute Gasteiger partial charge is 0.393 e. The number of hydrogen-bond donors (Lipinski definition) is 1. The number of hydrogen-bond acceptors (Lipinski definition) is 6. The van der Waals surface area contributed by atoms with E-state index in [-0.39, 0.29) is 12.1 Å². The van der Waals surface area contributed by atoms with E-state index in [1.807, 2.05) is 30.6 Å². The smallest absolute Gasteiger partial charge is 0.103 e. The van der Waals surface area contributed by atoms with Crippen molar-refractivity contribution in [3.05, 3.63) is 65.7 Å². The zero-order valence-corrected chi connectivity index (χ0v) is 19.0. The van der Waals surface area contributed by atoms with Crippen LogP contribution in [0.4, 0.5) is 0 Å². The fourth-order valence-corrected chi connectivity index (χ4v) is 5.63. The summed E-state index contributed by atoms with van der Waals surface area (Å²) >= 11 is 1.46. The number of aliphatic hydroxyl groups excluding tert-OH is 1. The van der Waals surface area contributed by atoms with E-state index in [4.69, 9.17) is 0 Å². The van der Waals surface area contributed by atoms with Gasteiger partial charge < -0.3 is 5.11 Å². The first-order valence-electron chi connectivity index (χ1n) is 10.9. The highest BCUT2D eigenvalue weighted by Gasteiger charge is 2.24. The van der Waals surface area contributed by atoms with Crippen molar-refractivity contribution in [1.82, 2.24) is 19.4 Å². The van der Waals surface area contributed by atoms with E-state index in [0.29, 0.717) is 11.1 Å². The molecule has 5 rings (SSSR count). The molecule has 1 saturated carbocycles. The third kappa shape index (κ3) is 3.89. The summed E-state index contributed by atoms with van der Waals surface area (Å²) in [5.41, 5.74) is 4.83. The summed E-state index contributed by atoms with van der Waals surface area (Å²) < 4.78 is 3.81. The highest BCUT2D eigenvalue weighted by molar-refractivity contribution is 7.99. The van der Waals surface area contributed by atoms with Gasteiger partial charge in [-0.15, -0.1) is 0 Å². The molecule has 164 valence electrons. The molecule has 1 N–H and O–H groups in total. The number of nitriles is 2. The Kier molecular flexibility index (Phi) is 5.63. The molecule has 0 aliphatic heterocycles. The molecule has 0 atom stereocenters. The van der Waals surface area contributed by atoms with Crippen LogP contribution in [0.2, 0.25) is 0 Å². The van der Waals surface area contributed by atoms with Crippen LogP contribution in [0, 0.1) is 29.6 Å². The Bertz CT molecular complexity index is 1420. The quantitative estimate of drug-likeness (QED) is 0.472. The predicted molar refractivity (Wildman–Crippen MR) is 125 cm³/mol. The Morgan fingerprint density at radius 1 is 1.00 bits per heavy atom. The molecule has 0 bridgehead atoms. The van der Waals surface area contributed by atoms with Gasteiger partial charge in [0.25, 0.3) is 0 Å². The number of benzene rings is 1. The van der Waals surface area contributed by atoms with Crippen LogP contribution in [0.5, 0.6) is 0 Å². The van der Waals surface area contributed by atoms with Crippen molar-refractivity contribution in [2.75, 3.05) is 0 Å². The summed E-state index contributed by atoms with van der Waals surface area (Å²) in [6.07, 6.45) is 8.61. The van der Waals surface area contributed by atoms with E-state index in [1.165, 1.54) is 11.8 Å². The Labute approximate surface area is 195 Å². The molecule has 0 unspecified atom stereocenters. The average Bonchev–Trinajstić information content (AvgIpc) is 3.43. The average molecular weight is 455 g/mol. The van der Waals surface area contributed by atoms with Gasteiger partial charge in [-0.25, -0.2) is 4.52 Å². The molecule has 1 aliphatic carbocycles. The van der Waals surface area contributed by atoms with Gasteiger partial charge in [0.1, 0.15) is 12.1 Å². The maximum atomic E-state index is 9.85. The first-order chi connectivity index (χ1) is 16.1. The molecule has 1 fully saturated rings. The maximum absolute atomic E-state index is 9.85. The van der Waals surface area contributed by atoms with Crippen molar-refractivity contribution in [3.63, 3.8) is 0 Å². The van der Waals surface area contributed by atoms with E-state index in [1.54, 1.807) is 16.8 Å². The lowest BCUT2D eigenvalue weighted by molar-refractivity contribution is 0.107. The number of fused-ring (bicyclic) bond motifs is 1. The summed E-state index contributed by atoms with van der Waals surface area (Å²) in [6.45, 7) is 2.07. The first-order valence-corrected chi connectivity index (χ1v) is 11.7. The van der Waals surface area contributed by atoms with Crippen LogP contribution in [0.15, 0.2) is 58.7 Å².